The molecule has 2 aliphatic rings. The molecule has 5 nitrogen and oxygen atoms in total. The summed E-state index contributed by atoms with van der Waals surface area (Å²) < 4.78 is 11.3. The second-order valence-corrected chi connectivity index (χ2v) is 5.84. The van der Waals surface area contributed by atoms with Crippen molar-refractivity contribution in [1.82, 2.24) is 10.6 Å². The van der Waals surface area contributed by atoms with Gasteiger partial charge in [0.15, 0.2) is 0 Å². The van der Waals surface area contributed by atoms with E-state index in [0.717, 1.165) is 25.9 Å². The third-order valence-electron chi connectivity index (χ3n) is 4.51. The van der Waals surface area contributed by atoms with Crippen LogP contribution in [-0.2, 0) is 14.3 Å². The highest BCUT2D eigenvalue weighted by molar-refractivity contribution is 5.85. The summed E-state index contributed by atoms with van der Waals surface area (Å²) in [5, 5.41) is 6.22. The van der Waals surface area contributed by atoms with Gasteiger partial charge in [-0.05, 0) is 38.8 Å². The van der Waals surface area contributed by atoms with Gasteiger partial charge in [-0.1, -0.05) is 19.3 Å². The van der Waals surface area contributed by atoms with Gasteiger partial charge >= 0.3 is 0 Å². The van der Waals surface area contributed by atoms with E-state index in [9.17, 15) is 4.79 Å². The molecule has 0 spiro atoms. The predicted octanol–water partition coefficient (Wildman–Crippen LogP) is 1.22. The van der Waals surface area contributed by atoms with Gasteiger partial charge in [0.2, 0.25) is 0 Å². The summed E-state index contributed by atoms with van der Waals surface area (Å²) in [5.74, 6) is 0.00810. The summed E-state index contributed by atoms with van der Waals surface area (Å²) in [7, 11) is 1.63. The molecule has 2 fully saturated rings. The molecule has 2 N–H and O–H groups in total. The van der Waals surface area contributed by atoms with Crippen LogP contribution in [0.25, 0.3) is 0 Å². The molecule has 116 valence electrons. The van der Waals surface area contributed by atoms with Crippen molar-refractivity contribution in [1.29, 1.82) is 0 Å². The zero-order valence-corrected chi connectivity index (χ0v) is 12.6. The van der Waals surface area contributed by atoms with Crippen molar-refractivity contribution in [3.63, 3.8) is 0 Å². The van der Waals surface area contributed by atoms with E-state index < -0.39 is 5.60 Å². The number of methoxy groups -OCH3 is 1. The van der Waals surface area contributed by atoms with Crippen molar-refractivity contribution in [3.05, 3.63) is 0 Å². The van der Waals surface area contributed by atoms with Crippen LogP contribution < -0.4 is 10.6 Å². The van der Waals surface area contributed by atoms with Crippen molar-refractivity contribution in [2.45, 2.75) is 56.7 Å². The van der Waals surface area contributed by atoms with Crippen LogP contribution in [-0.4, -0.2) is 51.0 Å². The average Bonchev–Trinajstić information content (AvgIpc) is 2.53. The van der Waals surface area contributed by atoms with Crippen LogP contribution in [0.1, 0.15) is 44.9 Å². The fraction of sp³-hybridized carbons (Fsp3) is 0.933. The van der Waals surface area contributed by atoms with Gasteiger partial charge in [-0.15, -0.1) is 0 Å². The lowest BCUT2D eigenvalue weighted by Crippen LogP contribution is -2.54. The summed E-state index contributed by atoms with van der Waals surface area (Å²) >= 11 is 0. The first-order valence-electron chi connectivity index (χ1n) is 7.93. The molecule has 0 radical (unpaired) electrons. The van der Waals surface area contributed by atoms with Crippen LogP contribution in [0.15, 0.2) is 0 Å². The van der Waals surface area contributed by atoms with Gasteiger partial charge < -0.3 is 20.1 Å². The van der Waals surface area contributed by atoms with Crippen molar-refractivity contribution < 1.29 is 14.3 Å². The molecule has 1 aliphatic heterocycles. The Bertz CT molecular complexity index is 297. The van der Waals surface area contributed by atoms with E-state index in [-0.39, 0.29) is 5.91 Å². The fourth-order valence-electron chi connectivity index (χ4n) is 3.14. The van der Waals surface area contributed by atoms with Crippen molar-refractivity contribution in [3.8, 4) is 0 Å². The molecular formula is C15H28N2O3. The zero-order valence-electron chi connectivity index (χ0n) is 12.6. The lowest BCUT2D eigenvalue weighted by molar-refractivity contribution is -0.147. The molecule has 1 aliphatic carbocycles. The molecule has 1 saturated heterocycles. The van der Waals surface area contributed by atoms with E-state index in [1.54, 1.807) is 7.11 Å². The third-order valence-corrected chi connectivity index (χ3v) is 4.51. The van der Waals surface area contributed by atoms with Crippen LogP contribution in [0.4, 0.5) is 0 Å². The quantitative estimate of drug-likeness (QED) is 0.720. The number of hydrogen-bond acceptors (Lipinski definition) is 4. The minimum absolute atomic E-state index is 0.00810. The van der Waals surface area contributed by atoms with Gasteiger partial charge in [0.05, 0.1) is 12.7 Å². The largest absolute Gasteiger partial charge is 0.376 e. The minimum Gasteiger partial charge on any atom is -0.376 e. The third kappa shape index (κ3) is 4.17. The lowest BCUT2D eigenvalue weighted by Gasteiger charge is -2.34. The molecule has 1 heterocycles. The Morgan fingerprint density at radius 2 is 1.95 bits per heavy atom. The van der Waals surface area contributed by atoms with Crippen LogP contribution in [0.5, 0.6) is 0 Å². The molecule has 1 saturated carbocycles. The number of ether oxygens (including phenoxy) is 2. The van der Waals surface area contributed by atoms with Crippen LogP contribution in [0, 0.1) is 0 Å². The minimum atomic E-state index is -0.643. The highest BCUT2D eigenvalue weighted by Crippen LogP contribution is 2.22. The van der Waals surface area contributed by atoms with Crippen LogP contribution >= 0.6 is 0 Å². The molecule has 2 rings (SSSR count). The van der Waals surface area contributed by atoms with Crippen molar-refractivity contribution in [2.24, 2.45) is 0 Å². The topological polar surface area (TPSA) is 59.6 Å². The van der Waals surface area contributed by atoms with E-state index in [0.29, 0.717) is 19.3 Å². The monoisotopic (exact) mass is 284 g/mol. The maximum atomic E-state index is 12.3. The second kappa shape index (κ2) is 7.96. The molecule has 20 heavy (non-hydrogen) atoms. The zero-order chi connectivity index (χ0) is 14.3. The predicted molar refractivity (Wildman–Crippen MR) is 77.7 cm³/mol. The standard InChI is InChI=1S/C15H28N2O3/c1-19-15(7-9-16-10-8-15)14(18)17-11-12-20-13-5-3-2-4-6-13/h13,16H,2-12H2,1H3,(H,17,18). The average molecular weight is 284 g/mol. The number of amides is 1. The highest BCUT2D eigenvalue weighted by Gasteiger charge is 2.39. The first kappa shape index (κ1) is 15.7. The van der Waals surface area contributed by atoms with Gasteiger partial charge in [-0.2, -0.15) is 0 Å². The fourth-order valence-corrected chi connectivity index (χ4v) is 3.14. The first-order valence-corrected chi connectivity index (χ1v) is 7.93. The molecule has 0 aromatic rings. The molecule has 0 atom stereocenters. The highest BCUT2D eigenvalue weighted by atomic mass is 16.5. The summed E-state index contributed by atoms with van der Waals surface area (Å²) in [5.41, 5.74) is -0.643. The Labute approximate surface area is 121 Å². The molecule has 0 unspecified atom stereocenters. The van der Waals surface area contributed by atoms with E-state index in [2.05, 4.69) is 10.6 Å². The Balaban J connectivity index is 1.65. The molecule has 0 aromatic carbocycles. The lowest BCUT2D eigenvalue weighted by atomic mass is 9.91. The second-order valence-electron chi connectivity index (χ2n) is 5.84. The maximum Gasteiger partial charge on any atom is 0.252 e. The van der Waals surface area contributed by atoms with Crippen LogP contribution in [0.3, 0.4) is 0 Å². The summed E-state index contributed by atoms with van der Waals surface area (Å²) in [6.07, 6.45) is 8.09. The summed E-state index contributed by atoms with van der Waals surface area (Å²) in [6.45, 7) is 2.85. The Morgan fingerprint density at radius 3 is 2.60 bits per heavy atom. The van der Waals surface area contributed by atoms with Gasteiger partial charge in [0.1, 0.15) is 5.60 Å². The smallest absolute Gasteiger partial charge is 0.252 e. The van der Waals surface area contributed by atoms with Gasteiger partial charge in [-0.25, -0.2) is 0 Å². The normalized spacial score (nSPS) is 23.4. The van der Waals surface area contributed by atoms with E-state index in [1.165, 1.54) is 32.1 Å². The number of nitrogens with one attached hydrogen (secondary N) is 2. The molecule has 0 bridgehead atoms. The summed E-state index contributed by atoms with van der Waals surface area (Å²) in [6, 6.07) is 0. The van der Waals surface area contributed by atoms with E-state index >= 15 is 0 Å². The van der Waals surface area contributed by atoms with E-state index in [4.69, 9.17) is 9.47 Å². The number of rotatable bonds is 6. The van der Waals surface area contributed by atoms with Gasteiger partial charge in [0, 0.05) is 13.7 Å². The Hall–Kier alpha value is -0.650. The Morgan fingerprint density at radius 1 is 1.25 bits per heavy atom. The molecule has 0 aromatic heterocycles. The van der Waals surface area contributed by atoms with E-state index in [1.807, 2.05) is 0 Å². The maximum absolute atomic E-state index is 12.3. The number of hydrogen-bond donors (Lipinski definition) is 2. The SMILES string of the molecule is COC1(C(=O)NCCOC2CCCCC2)CCNCC1. The van der Waals surface area contributed by atoms with Gasteiger partial charge in [-0.3, -0.25) is 4.79 Å². The molecule has 1 amide bonds. The number of carbonyl (C=O) groups is 1. The molecule has 5 heteroatoms. The first-order chi connectivity index (χ1) is 9.77. The summed E-state index contributed by atoms with van der Waals surface area (Å²) in [4.78, 5) is 12.3. The Kier molecular flexibility index (Phi) is 6.26. The van der Waals surface area contributed by atoms with Crippen molar-refractivity contribution in [2.75, 3.05) is 33.4 Å². The van der Waals surface area contributed by atoms with Crippen LogP contribution in [0.2, 0.25) is 0 Å². The van der Waals surface area contributed by atoms with Crippen molar-refractivity contribution >= 4 is 5.91 Å². The number of piperidine rings is 1. The molecular weight excluding hydrogens is 256 g/mol. The van der Waals surface area contributed by atoms with Gasteiger partial charge in [0.25, 0.3) is 5.91 Å². The number of carbonyl (C=O) groups excluding carboxylic acids is 1.